The van der Waals surface area contributed by atoms with Crippen molar-refractivity contribution in [3.63, 3.8) is 0 Å². The molecule has 1 unspecified atom stereocenters. The lowest BCUT2D eigenvalue weighted by atomic mass is 9.93. The number of amides is 1. The minimum Gasteiger partial charge on any atom is -0.468 e. The molecular weight excluding hydrogens is 292 g/mol. The van der Waals surface area contributed by atoms with Crippen LogP contribution in [0.1, 0.15) is 24.4 Å². The minimum atomic E-state index is -0.544. The van der Waals surface area contributed by atoms with Gasteiger partial charge >= 0.3 is 5.97 Å². The topological polar surface area (TPSA) is 72.6 Å². The third kappa shape index (κ3) is 3.54. The molecule has 0 aliphatic carbocycles. The summed E-state index contributed by atoms with van der Waals surface area (Å²) >= 11 is 6.21. The number of nitrogens with zero attached hydrogens (tertiary/aromatic N) is 1. The Hall–Kier alpha value is -1.59. The number of primary amides is 1. The van der Waals surface area contributed by atoms with E-state index in [1.807, 2.05) is 23.1 Å². The summed E-state index contributed by atoms with van der Waals surface area (Å²) in [4.78, 5) is 25.4. The molecule has 1 aliphatic heterocycles. The van der Waals surface area contributed by atoms with Gasteiger partial charge in [-0.05, 0) is 24.5 Å². The zero-order chi connectivity index (χ0) is 15.4. The normalized spacial score (nSPS) is 18.2. The molecule has 1 aromatic rings. The predicted molar refractivity (Wildman–Crippen MR) is 79.7 cm³/mol. The van der Waals surface area contributed by atoms with Crippen LogP contribution in [0.25, 0.3) is 0 Å². The average Bonchev–Trinajstić information content (AvgIpc) is 2.49. The quantitative estimate of drug-likeness (QED) is 0.860. The molecule has 2 rings (SSSR count). The molecule has 1 fully saturated rings. The summed E-state index contributed by atoms with van der Waals surface area (Å²) in [6.07, 6.45) is 1.29. The van der Waals surface area contributed by atoms with Crippen LogP contribution in [0.15, 0.2) is 24.3 Å². The van der Waals surface area contributed by atoms with E-state index in [1.165, 1.54) is 7.11 Å². The van der Waals surface area contributed by atoms with E-state index in [2.05, 4.69) is 0 Å². The van der Waals surface area contributed by atoms with Crippen molar-refractivity contribution in [3.8, 4) is 0 Å². The van der Waals surface area contributed by atoms with Crippen LogP contribution in [0.3, 0.4) is 0 Å². The summed E-state index contributed by atoms with van der Waals surface area (Å²) in [5.41, 5.74) is 6.07. The molecule has 1 heterocycles. The van der Waals surface area contributed by atoms with Crippen LogP contribution >= 0.6 is 11.6 Å². The highest BCUT2D eigenvalue weighted by Crippen LogP contribution is 2.31. The Bertz CT molecular complexity index is 527. The van der Waals surface area contributed by atoms with E-state index in [0.29, 0.717) is 31.0 Å². The fourth-order valence-electron chi connectivity index (χ4n) is 2.72. The first-order valence-corrected chi connectivity index (χ1v) is 7.28. The Morgan fingerprint density at radius 1 is 1.33 bits per heavy atom. The van der Waals surface area contributed by atoms with Crippen LogP contribution < -0.4 is 5.73 Å². The van der Waals surface area contributed by atoms with Gasteiger partial charge in [0.1, 0.15) is 6.04 Å². The second-order valence-corrected chi connectivity index (χ2v) is 5.57. The molecule has 1 aliphatic rings. The maximum atomic E-state index is 12.2. The van der Waals surface area contributed by atoms with Gasteiger partial charge in [0.2, 0.25) is 5.91 Å². The number of ether oxygens (including phenoxy) is 1. The number of carbonyl (C=O) groups excluding carboxylic acids is 2. The van der Waals surface area contributed by atoms with Crippen LogP contribution in [-0.4, -0.2) is 37.0 Å². The maximum absolute atomic E-state index is 12.2. The van der Waals surface area contributed by atoms with E-state index in [4.69, 9.17) is 22.1 Å². The summed E-state index contributed by atoms with van der Waals surface area (Å²) in [5.74, 6) is -0.742. The fourth-order valence-corrected chi connectivity index (χ4v) is 2.96. The van der Waals surface area contributed by atoms with Gasteiger partial charge in [-0.25, -0.2) is 4.79 Å². The fraction of sp³-hybridized carbons (Fsp3) is 0.467. The largest absolute Gasteiger partial charge is 0.468 e. The Morgan fingerprint density at radius 2 is 1.95 bits per heavy atom. The van der Waals surface area contributed by atoms with Crippen LogP contribution in [0, 0.1) is 5.92 Å². The molecule has 0 radical (unpaired) electrons. The summed E-state index contributed by atoms with van der Waals surface area (Å²) in [6.45, 7) is 1.22. The highest BCUT2D eigenvalue weighted by Gasteiger charge is 2.34. The summed E-state index contributed by atoms with van der Waals surface area (Å²) < 4.78 is 4.92. The summed E-state index contributed by atoms with van der Waals surface area (Å²) in [7, 11) is 1.36. The maximum Gasteiger partial charge on any atom is 0.327 e. The van der Waals surface area contributed by atoms with Crippen molar-refractivity contribution in [1.29, 1.82) is 0 Å². The first-order valence-electron chi connectivity index (χ1n) is 6.90. The van der Waals surface area contributed by atoms with Gasteiger partial charge in [0.25, 0.3) is 0 Å². The molecular formula is C15H19ClN2O3. The number of likely N-dealkylation sites (tertiary alicyclic amines) is 1. The van der Waals surface area contributed by atoms with E-state index in [9.17, 15) is 9.59 Å². The second-order valence-electron chi connectivity index (χ2n) is 5.16. The molecule has 0 bridgehead atoms. The lowest BCUT2D eigenvalue weighted by Gasteiger charge is -2.35. The van der Waals surface area contributed by atoms with Crippen molar-refractivity contribution in [2.45, 2.75) is 18.9 Å². The zero-order valence-corrected chi connectivity index (χ0v) is 12.7. The van der Waals surface area contributed by atoms with Gasteiger partial charge < -0.3 is 10.5 Å². The van der Waals surface area contributed by atoms with Gasteiger partial charge in [-0.15, -0.1) is 0 Å². The minimum absolute atomic E-state index is 0.120. The van der Waals surface area contributed by atoms with Gasteiger partial charge in [-0.2, -0.15) is 0 Å². The standard InChI is InChI=1S/C15H19ClN2O3/c1-21-15(20)13(11-4-2-3-5-12(11)16)18-8-6-10(7-9-18)14(17)19/h2-5,10,13H,6-9H2,1H3,(H2,17,19). The molecule has 0 aromatic heterocycles. The molecule has 114 valence electrons. The molecule has 1 saturated heterocycles. The number of hydrogen-bond acceptors (Lipinski definition) is 4. The van der Waals surface area contributed by atoms with Crippen molar-refractivity contribution in [3.05, 3.63) is 34.9 Å². The number of methoxy groups -OCH3 is 1. The van der Waals surface area contributed by atoms with Crippen molar-refractivity contribution >= 4 is 23.5 Å². The van der Waals surface area contributed by atoms with Crippen LogP contribution in [-0.2, 0) is 14.3 Å². The Balaban J connectivity index is 2.21. The number of rotatable bonds is 4. The number of hydrogen-bond donors (Lipinski definition) is 1. The van der Waals surface area contributed by atoms with Gasteiger partial charge in [0.05, 0.1) is 7.11 Å². The Labute approximate surface area is 129 Å². The van der Waals surface area contributed by atoms with E-state index < -0.39 is 6.04 Å². The van der Waals surface area contributed by atoms with Gasteiger partial charge in [-0.3, -0.25) is 9.69 Å². The highest BCUT2D eigenvalue weighted by atomic mass is 35.5. The van der Waals surface area contributed by atoms with Gasteiger partial charge in [-0.1, -0.05) is 29.8 Å². The molecule has 1 amide bonds. The molecule has 6 heteroatoms. The number of piperidine rings is 1. The smallest absolute Gasteiger partial charge is 0.327 e. The molecule has 0 spiro atoms. The lowest BCUT2D eigenvalue weighted by molar-refractivity contribution is -0.148. The highest BCUT2D eigenvalue weighted by molar-refractivity contribution is 6.31. The zero-order valence-electron chi connectivity index (χ0n) is 11.9. The number of esters is 1. The molecule has 0 saturated carbocycles. The van der Waals surface area contributed by atoms with Crippen molar-refractivity contribution in [2.24, 2.45) is 11.7 Å². The second kappa shape index (κ2) is 6.91. The number of halogens is 1. The molecule has 1 atom stereocenters. The Kier molecular flexibility index (Phi) is 5.20. The van der Waals surface area contributed by atoms with Crippen molar-refractivity contribution < 1.29 is 14.3 Å². The summed E-state index contributed by atoms with van der Waals surface area (Å²) in [5, 5.41) is 0.532. The SMILES string of the molecule is COC(=O)C(c1ccccc1Cl)N1CCC(C(N)=O)CC1. The summed E-state index contributed by atoms with van der Waals surface area (Å²) in [6, 6.07) is 6.69. The first-order chi connectivity index (χ1) is 10.0. The lowest BCUT2D eigenvalue weighted by Crippen LogP contribution is -2.43. The third-order valence-corrected chi connectivity index (χ3v) is 4.27. The monoisotopic (exact) mass is 310 g/mol. The number of nitrogens with two attached hydrogens (primary N) is 1. The van der Waals surface area contributed by atoms with E-state index >= 15 is 0 Å². The first kappa shape index (κ1) is 15.8. The van der Waals surface area contributed by atoms with Crippen molar-refractivity contribution in [2.75, 3.05) is 20.2 Å². The van der Waals surface area contributed by atoms with Crippen molar-refractivity contribution in [1.82, 2.24) is 4.90 Å². The van der Waals surface area contributed by atoms with E-state index in [0.717, 1.165) is 5.56 Å². The molecule has 21 heavy (non-hydrogen) atoms. The van der Waals surface area contributed by atoms with E-state index in [1.54, 1.807) is 6.07 Å². The van der Waals surface area contributed by atoms with Crippen LogP contribution in [0.4, 0.5) is 0 Å². The van der Waals surface area contributed by atoms with E-state index in [-0.39, 0.29) is 17.8 Å². The van der Waals surface area contributed by atoms with Crippen LogP contribution in [0.5, 0.6) is 0 Å². The molecule has 5 nitrogen and oxygen atoms in total. The predicted octanol–water partition coefficient (Wildman–Crippen LogP) is 1.75. The number of carbonyl (C=O) groups is 2. The molecule has 2 N–H and O–H groups in total. The molecule has 1 aromatic carbocycles. The third-order valence-electron chi connectivity index (χ3n) is 3.92. The number of benzene rings is 1. The Morgan fingerprint density at radius 3 is 2.48 bits per heavy atom. The van der Waals surface area contributed by atoms with Gasteiger partial charge in [0, 0.05) is 24.0 Å². The van der Waals surface area contributed by atoms with Crippen LogP contribution in [0.2, 0.25) is 5.02 Å². The van der Waals surface area contributed by atoms with Gasteiger partial charge in [0.15, 0.2) is 0 Å². The average molecular weight is 311 g/mol.